The Kier molecular flexibility index (Phi) is 9.04. The zero-order chi connectivity index (χ0) is 23.0. The van der Waals surface area contributed by atoms with E-state index in [1.165, 1.54) is 30.4 Å². The molecule has 33 heavy (non-hydrogen) atoms. The van der Waals surface area contributed by atoms with E-state index in [9.17, 15) is 4.79 Å². The molecule has 2 saturated heterocycles. The smallest absolute Gasteiger partial charge is 0.260 e. The Morgan fingerprint density at radius 2 is 2.09 bits per heavy atom. The summed E-state index contributed by atoms with van der Waals surface area (Å²) < 4.78 is 11.7. The summed E-state index contributed by atoms with van der Waals surface area (Å²) in [5.41, 5.74) is 2.72. The first-order valence-electron chi connectivity index (χ1n) is 13.2. The van der Waals surface area contributed by atoms with Gasteiger partial charge in [0.25, 0.3) is 5.91 Å². The van der Waals surface area contributed by atoms with Crippen molar-refractivity contribution in [2.24, 2.45) is 0 Å². The van der Waals surface area contributed by atoms with E-state index in [-0.39, 0.29) is 5.91 Å². The molecule has 1 aromatic carbocycles. The lowest BCUT2D eigenvalue weighted by Crippen LogP contribution is -2.43. The van der Waals surface area contributed by atoms with Gasteiger partial charge in [0.05, 0.1) is 25.9 Å². The number of benzene rings is 1. The quantitative estimate of drug-likeness (QED) is 0.450. The highest BCUT2D eigenvalue weighted by molar-refractivity contribution is 5.77. The summed E-state index contributed by atoms with van der Waals surface area (Å²) in [6.07, 6.45) is 10.1. The molecule has 0 aromatic heterocycles. The standard InChI is InChI=1S/C27H42N2O4/c1-3-13-29(33-14-4-2)27(30)20-28-19-23(21-8-11-26-22(17-21)12-16-32-26)18-24(28)9-10-25-7-5-6-15-31-25/h8,11,17,23-25H,3-7,9-10,12-16,18-20H2,1-2H3/t23-,24+,25?/m1/s1. The van der Waals surface area contributed by atoms with Gasteiger partial charge in [-0.2, -0.15) is 0 Å². The van der Waals surface area contributed by atoms with Gasteiger partial charge in [0.2, 0.25) is 0 Å². The van der Waals surface area contributed by atoms with Crippen molar-refractivity contribution in [3.8, 4) is 5.75 Å². The Morgan fingerprint density at radius 1 is 1.18 bits per heavy atom. The van der Waals surface area contributed by atoms with Gasteiger partial charge in [0.1, 0.15) is 5.75 Å². The fourth-order valence-corrected chi connectivity index (χ4v) is 5.51. The number of carbonyl (C=O) groups is 1. The second-order valence-corrected chi connectivity index (χ2v) is 9.88. The predicted molar refractivity (Wildman–Crippen MR) is 129 cm³/mol. The predicted octanol–water partition coefficient (Wildman–Crippen LogP) is 4.71. The van der Waals surface area contributed by atoms with Crippen LogP contribution in [0.25, 0.3) is 0 Å². The monoisotopic (exact) mass is 458 g/mol. The van der Waals surface area contributed by atoms with Crippen LogP contribution in [0.15, 0.2) is 18.2 Å². The third-order valence-corrected chi connectivity index (χ3v) is 7.30. The molecule has 0 aliphatic carbocycles. The maximum atomic E-state index is 13.2. The molecule has 6 heteroatoms. The summed E-state index contributed by atoms with van der Waals surface area (Å²) >= 11 is 0. The van der Waals surface area contributed by atoms with Crippen molar-refractivity contribution in [3.05, 3.63) is 29.3 Å². The average Bonchev–Trinajstić information content (AvgIpc) is 3.47. The van der Waals surface area contributed by atoms with Crippen molar-refractivity contribution >= 4 is 5.91 Å². The zero-order valence-corrected chi connectivity index (χ0v) is 20.6. The summed E-state index contributed by atoms with van der Waals surface area (Å²) in [5, 5.41) is 1.60. The van der Waals surface area contributed by atoms with Gasteiger partial charge in [-0.05, 0) is 74.5 Å². The van der Waals surface area contributed by atoms with Crippen LogP contribution in [0.3, 0.4) is 0 Å². The number of rotatable bonds is 11. The molecule has 3 atom stereocenters. The zero-order valence-electron chi connectivity index (χ0n) is 20.6. The number of hydrogen-bond acceptors (Lipinski definition) is 5. The fourth-order valence-electron chi connectivity index (χ4n) is 5.51. The van der Waals surface area contributed by atoms with Crippen molar-refractivity contribution < 1.29 is 19.1 Å². The van der Waals surface area contributed by atoms with Gasteiger partial charge < -0.3 is 9.47 Å². The van der Waals surface area contributed by atoms with Gasteiger partial charge in [-0.3, -0.25) is 14.5 Å². The van der Waals surface area contributed by atoms with Crippen LogP contribution >= 0.6 is 0 Å². The van der Waals surface area contributed by atoms with Crippen LogP contribution in [0.1, 0.15) is 82.3 Å². The second kappa shape index (κ2) is 12.2. The molecule has 1 aromatic rings. The molecule has 1 amide bonds. The van der Waals surface area contributed by atoms with E-state index in [1.54, 1.807) is 5.06 Å². The molecule has 3 aliphatic rings. The van der Waals surface area contributed by atoms with Gasteiger partial charge in [-0.1, -0.05) is 26.0 Å². The van der Waals surface area contributed by atoms with Crippen LogP contribution in [0.4, 0.5) is 0 Å². The third kappa shape index (κ3) is 6.49. The first-order valence-corrected chi connectivity index (χ1v) is 13.2. The maximum absolute atomic E-state index is 13.2. The number of likely N-dealkylation sites (tertiary alicyclic amines) is 1. The Balaban J connectivity index is 1.43. The number of hydroxylamine groups is 2. The normalized spacial score (nSPS) is 25.1. The van der Waals surface area contributed by atoms with E-state index >= 15 is 0 Å². The van der Waals surface area contributed by atoms with E-state index in [4.69, 9.17) is 14.3 Å². The lowest BCUT2D eigenvalue weighted by atomic mass is 9.92. The second-order valence-electron chi connectivity index (χ2n) is 9.88. The van der Waals surface area contributed by atoms with E-state index in [0.29, 0.717) is 37.8 Å². The number of nitrogens with zero attached hydrogens (tertiary/aromatic N) is 2. The van der Waals surface area contributed by atoms with Gasteiger partial charge in [0, 0.05) is 32.2 Å². The number of ether oxygens (including phenoxy) is 2. The van der Waals surface area contributed by atoms with Gasteiger partial charge in [0.15, 0.2) is 0 Å². The van der Waals surface area contributed by atoms with Crippen LogP contribution in [-0.2, 0) is 20.8 Å². The van der Waals surface area contributed by atoms with E-state index < -0.39 is 0 Å². The van der Waals surface area contributed by atoms with Crippen molar-refractivity contribution in [2.45, 2.75) is 89.7 Å². The molecule has 6 nitrogen and oxygen atoms in total. The van der Waals surface area contributed by atoms with Crippen molar-refractivity contribution in [1.82, 2.24) is 9.96 Å². The summed E-state index contributed by atoms with van der Waals surface area (Å²) in [6.45, 7) is 8.46. The molecule has 3 heterocycles. The summed E-state index contributed by atoms with van der Waals surface area (Å²) in [4.78, 5) is 21.4. The highest BCUT2D eigenvalue weighted by atomic mass is 16.7. The highest BCUT2D eigenvalue weighted by Crippen LogP contribution is 2.37. The topological polar surface area (TPSA) is 51.2 Å². The van der Waals surface area contributed by atoms with E-state index in [0.717, 1.165) is 64.0 Å². The van der Waals surface area contributed by atoms with Crippen LogP contribution in [0.2, 0.25) is 0 Å². The molecule has 0 radical (unpaired) electrons. The molecule has 184 valence electrons. The first-order chi connectivity index (χ1) is 16.2. The third-order valence-electron chi connectivity index (χ3n) is 7.30. The van der Waals surface area contributed by atoms with Gasteiger partial charge in [-0.15, -0.1) is 0 Å². The van der Waals surface area contributed by atoms with Gasteiger partial charge in [-0.25, -0.2) is 5.06 Å². The van der Waals surface area contributed by atoms with E-state index in [1.807, 2.05) is 0 Å². The summed E-state index contributed by atoms with van der Waals surface area (Å²) in [5.74, 6) is 1.59. The molecule has 3 aliphatic heterocycles. The molecule has 4 rings (SSSR count). The lowest BCUT2D eigenvalue weighted by molar-refractivity contribution is -0.188. The van der Waals surface area contributed by atoms with Crippen LogP contribution in [0.5, 0.6) is 5.75 Å². The summed E-state index contributed by atoms with van der Waals surface area (Å²) in [6, 6.07) is 7.11. The molecule has 0 N–H and O–H groups in total. The van der Waals surface area contributed by atoms with Crippen molar-refractivity contribution in [2.75, 3.05) is 39.5 Å². The molecule has 0 spiro atoms. The molecule has 2 fully saturated rings. The number of hydrogen-bond donors (Lipinski definition) is 0. The van der Waals surface area contributed by atoms with E-state index in [2.05, 4.69) is 36.9 Å². The minimum absolute atomic E-state index is 0.0900. The molecule has 1 unspecified atom stereocenters. The minimum Gasteiger partial charge on any atom is -0.493 e. The van der Waals surface area contributed by atoms with Gasteiger partial charge >= 0.3 is 0 Å². The SMILES string of the molecule is CCCON(CCC)C(=O)CN1C[C@H](c2ccc3c(c2)CCO3)C[C@@H]1CCC1CCCCO1. The Bertz CT molecular complexity index is 764. The Morgan fingerprint density at radius 3 is 2.88 bits per heavy atom. The fraction of sp³-hybridized carbons (Fsp3) is 0.741. The largest absolute Gasteiger partial charge is 0.493 e. The average molecular weight is 459 g/mol. The number of carbonyl (C=O) groups excluding carboxylic acids is 1. The number of fused-ring (bicyclic) bond motifs is 1. The Labute approximate surface area is 199 Å². The molecule has 0 bridgehead atoms. The Hall–Kier alpha value is -1.63. The van der Waals surface area contributed by atoms with Crippen molar-refractivity contribution in [1.29, 1.82) is 0 Å². The van der Waals surface area contributed by atoms with Crippen LogP contribution in [-0.4, -0.2) is 67.5 Å². The molecular formula is C27H42N2O4. The van der Waals surface area contributed by atoms with Crippen LogP contribution < -0.4 is 4.74 Å². The minimum atomic E-state index is 0.0900. The lowest BCUT2D eigenvalue weighted by Gasteiger charge is -2.29. The highest BCUT2D eigenvalue weighted by Gasteiger charge is 2.35. The molecule has 0 saturated carbocycles. The number of amides is 1. The van der Waals surface area contributed by atoms with Crippen LogP contribution in [0, 0.1) is 0 Å². The maximum Gasteiger partial charge on any atom is 0.260 e. The summed E-state index contributed by atoms with van der Waals surface area (Å²) in [7, 11) is 0. The molecular weight excluding hydrogens is 416 g/mol. The van der Waals surface area contributed by atoms with Crippen molar-refractivity contribution in [3.63, 3.8) is 0 Å². The first kappa shape index (κ1) is 24.5.